The van der Waals surface area contributed by atoms with Crippen molar-refractivity contribution in [3.63, 3.8) is 0 Å². The second-order valence-corrected chi connectivity index (χ2v) is 9.59. The molecule has 0 unspecified atom stereocenters. The fourth-order valence-corrected chi connectivity index (χ4v) is 4.16. The van der Waals surface area contributed by atoms with Crippen LogP contribution in [0, 0.1) is 0 Å². The third-order valence-electron chi connectivity index (χ3n) is 3.61. The number of hydrogen-bond acceptors (Lipinski definition) is 4. The molecule has 0 atom stereocenters. The molecule has 2 aromatic carbocycles. The van der Waals surface area contributed by atoms with E-state index in [1.165, 1.54) is 0 Å². The van der Waals surface area contributed by atoms with E-state index >= 15 is 0 Å². The van der Waals surface area contributed by atoms with E-state index in [4.69, 9.17) is 23.2 Å². The van der Waals surface area contributed by atoms with Crippen molar-refractivity contribution in [3.8, 4) is 0 Å². The first-order valence-electron chi connectivity index (χ1n) is 8.21. The van der Waals surface area contributed by atoms with Crippen molar-refractivity contribution in [2.45, 2.75) is 12.7 Å². The number of nitrogens with one attached hydrogen (secondary N) is 2. The number of carbonyl (C=O) groups excluding carboxylic acids is 1. The molecule has 5 nitrogen and oxygen atoms in total. The normalized spacial score (nSPS) is 11.2. The van der Waals surface area contributed by atoms with Crippen LogP contribution in [0.3, 0.4) is 0 Å². The lowest BCUT2D eigenvalue weighted by Crippen LogP contribution is -2.25. The fraction of sp³-hybridized carbons (Fsp3) is 0.278. The Kier molecular flexibility index (Phi) is 8.28. The van der Waals surface area contributed by atoms with Crippen molar-refractivity contribution in [1.82, 2.24) is 5.32 Å². The first-order valence-corrected chi connectivity index (χ1v) is 11.8. The number of benzene rings is 2. The van der Waals surface area contributed by atoms with Crippen molar-refractivity contribution in [3.05, 3.63) is 63.6 Å². The van der Waals surface area contributed by atoms with Gasteiger partial charge in [-0.25, -0.2) is 8.42 Å². The molecule has 0 aliphatic heterocycles. The van der Waals surface area contributed by atoms with E-state index in [1.807, 2.05) is 6.07 Å². The molecular weight excluding hydrogens is 427 g/mol. The molecule has 0 saturated heterocycles. The van der Waals surface area contributed by atoms with Crippen LogP contribution in [0.25, 0.3) is 0 Å². The van der Waals surface area contributed by atoms with Gasteiger partial charge in [-0.1, -0.05) is 29.3 Å². The Labute approximate surface area is 173 Å². The summed E-state index contributed by atoms with van der Waals surface area (Å²) in [5.41, 5.74) is 1.91. The highest BCUT2D eigenvalue weighted by molar-refractivity contribution is 7.98. The minimum atomic E-state index is -3.32. The maximum absolute atomic E-state index is 12.1. The van der Waals surface area contributed by atoms with Crippen LogP contribution in [-0.2, 0) is 15.8 Å². The second-order valence-electron chi connectivity index (χ2n) is 5.63. The zero-order chi connectivity index (χ0) is 19.9. The van der Waals surface area contributed by atoms with Crippen LogP contribution in [0.4, 0.5) is 5.69 Å². The Morgan fingerprint density at radius 2 is 1.81 bits per heavy atom. The molecule has 2 rings (SSSR count). The van der Waals surface area contributed by atoms with E-state index in [2.05, 4.69) is 10.0 Å². The Morgan fingerprint density at radius 3 is 2.44 bits per heavy atom. The van der Waals surface area contributed by atoms with Gasteiger partial charge in [0.15, 0.2) is 0 Å². The van der Waals surface area contributed by atoms with E-state index in [-0.39, 0.29) is 11.7 Å². The van der Waals surface area contributed by atoms with Crippen LogP contribution in [0.15, 0.2) is 42.5 Å². The van der Waals surface area contributed by atoms with Crippen molar-refractivity contribution >= 4 is 56.6 Å². The summed E-state index contributed by atoms with van der Waals surface area (Å²) in [6.07, 6.45) is 0. The zero-order valence-corrected chi connectivity index (χ0v) is 17.8. The third-order valence-corrected chi connectivity index (χ3v) is 6.51. The van der Waals surface area contributed by atoms with Crippen LogP contribution in [0.5, 0.6) is 0 Å². The van der Waals surface area contributed by atoms with Gasteiger partial charge in [-0.05, 0) is 48.9 Å². The average molecular weight is 447 g/mol. The van der Waals surface area contributed by atoms with Crippen LogP contribution >= 0.6 is 35.0 Å². The highest BCUT2D eigenvalue weighted by atomic mass is 35.5. The number of sulfonamides is 1. The molecule has 27 heavy (non-hydrogen) atoms. The molecule has 0 aliphatic rings. The van der Waals surface area contributed by atoms with Gasteiger partial charge in [0.05, 0.1) is 5.75 Å². The number of amides is 1. The molecule has 0 aromatic heterocycles. The summed E-state index contributed by atoms with van der Waals surface area (Å²) in [5.74, 6) is 1.26. The highest BCUT2D eigenvalue weighted by Gasteiger charge is 2.09. The van der Waals surface area contributed by atoms with Gasteiger partial charge >= 0.3 is 0 Å². The van der Waals surface area contributed by atoms with Crippen LogP contribution in [-0.4, -0.2) is 32.4 Å². The molecule has 0 radical (unpaired) electrons. The minimum Gasteiger partial charge on any atom is -0.351 e. The van der Waals surface area contributed by atoms with Gasteiger partial charge in [0, 0.05) is 39.3 Å². The van der Waals surface area contributed by atoms with Crippen LogP contribution in [0.2, 0.25) is 10.0 Å². The number of halogens is 2. The Morgan fingerprint density at radius 1 is 1.11 bits per heavy atom. The summed E-state index contributed by atoms with van der Waals surface area (Å²) < 4.78 is 25.5. The molecular formula is C18H20Cl2N2O3S2. The Hall–Kier alpha value is -1.41. The molecule has 2 N–H and O–H groups in total. The highest BCUT2D eigenvalue weighted by Crippen LogP contribution is 2.24. The fourth-order valence-electron chi connectivity index (χ4n) is 2.10. The molecule has 0 saturated carbocycles. The van der Waals surface area contributed by atoms with E-state index in [9.17, 15) is 13.2 Å². The molecule has 1 amide bonds. The number of thioether (sulfide) groups is 1. The first kappa shape index (κ1) is 21.9. The lowest BCUT2D eigenvalue weighted by molar-refractivity contribution is 0.0956. The van der Waals surface area contributed by atoms with Crippen LogP contribution in [0.1, 0.15) is 22.8 Å². The van der Waals surface area contributed by atoms with Gasteiger partial charge in [0.2, 0.25) is 10.0 Å². The van der Waals surface area contributed by atoms with Gasteiger partial charge in [0.25, 0.3) is 5.91 Å². The van der Waals surface area contributed by atoms with Gasteiger partial charge in [0.1, 0.15) is 0 Å². The predicted octanol–water partition coefficient (Wildman–Crippen LogP) is 4.42. The predicted molar refractivity (Wildman–Crippen MR) is 114 cm³/mol. The maximum Gasteiger partial charge on any atom is 0.251 e. The van der Waals surface area contributed by atoms with E-state index in [1.54, 1.807) is 55.1 Å². The number of rotatable bonds is 9. The minimum absolute atomic E-state index is 0.00582. The van der Waals surface area contributed by atoms with Gasteiger partial charge in [-0.2, -0.15) is 11.8 Å². The van der Waals surface area contributed by atoms with Crippen molar-refractivity contribution < 1.29 is 13.2 Å². The quantitative estimate of drug-likeness (QED) is 0.558. The Bertz CT molecular complexity index is 888. The molecule has 2 aromatic rings. The molecule has 9 heteroatoms. The monoisotopic (exact) mass is 446 g/mol. The maximum atomic E-state index is 12.1. The average Bonchev–Trinajstić information content (AvgIpc) is 2.63. The Balaban J connectivity index is 1.75. The third kappa shape index (κ3) is 7.25. The number of carbonyl (C=O) groups is 1. The SMILES string of the molecule is CCS(=O)(=O)Nc1ccc(C(=O)NCCSCc2ccc(Cl)cc2Cl)cc1. The van der Waals surface area contributed by atoms with Gasteiger partial charge < -0.3 is 5.32 Å². The molecule has 146 valence electrons. The summed E-state index contributed by atoms with van der Waals surface area (Å²) in [5, 5.41) is 4.08. The lowest BCUT2D eigenvalue weighted by Gasteiger charge is -2.08. The number of hydrogen-bond donors (Lipinski definition) is 2. The standard InChI is InChI=1S/C18H20Cl2N2O3S2/c1-2-27(24,25)22-16-7-4-13(5-8-16)18(23)21-9-10-26-12-14-3-6-15(19)11-17(14)20/h3-8,11,22H,2,9-10,12H2,1H3,(H,21,23). The smallest absolute Gasteiger partial charge is 0.251 e. The summed E-state index contributed by atoms with van der Waals surface area (Å²) >= 11 is 13.7. The summed E-state index contributed by atoms with van der Waals surface area (Å²) in [4.78, 5) is 12.1. The van der Waals surface area contributed by atoms with Crippen molar-refractivity contribution in [2.24, 2.45) is 0 Å². The molecule has 0 fully saturated rings. The molecule has 0 spiro atoms. The van der Waals surface area contributed by atoms with Crippen molar-refractivity contribution in [1.29, 1.82) is 0 Å². The van der Waals surface area contributed by atoms with E-state index in [0.717, 1.165) is 17.1 Å². The van der Waals surface area contributed by atoms with Crippen LogP contribution < -0.4 is 10.0 Å². The largest absolute Gasteiger partial charge is 0.351 e. The second kappa shape index (κ2) is 10.2. The molecule has 0 aliphatic carbocycles. The van der Waals surface area contributed by atoms with Gasteiger partial charge in [-0.3, -0.25) is 9.52 Å². The first-order chi connectivity index (χ1) is 12.8. The summed E-state index contributed by atoms with van der Waals surface area (Å²) in [6.45, 7) is 2.07. The summed E-state index contributed by atoms with van der Waals surface area (Å²) in [7, 11) is -3.32. The topological polar surface area (TPSA) is 75.3 Å². The zero-order valence-electron chi connectivity index (χ0n) is 14.7. The lowest BCUT2D eigenvalue weighted by atomic mass is 10.2. The molecule has 0 heterocycles. The summed E-state index contributed by atoms with van der Waals surface area (Å²) in [6, 6.07) is 11.7. The van der Waals surface area contributed by atoms with E-state index < -0.39 is 10.0 Å². The van der Waals surface area contributed by atoms with Gasteiger partial charge in [-0.15, -0.1) is 0 Å². The number of anilines is 1. The molecule has 0 bridgehead atoms. The van der Waals surface area contributed by atoms with Crippen molar-refractivity contribution in [2.75, 3.05) is 22.8 Å². The van der Waals surface area contributed by atoms with E-state index in [0.29, 0.717) is 27.8 Å².